The van der Waals surface area contributed by atoms with Gasteiger partial charge in [-0.15, -0.1) is 0 Å². The monoisotopic (exact) mass is 366 g/mol. The maximum absolute atomic E-state index is 13.2. The molecule has 1 saturated carbocycles. The number of carbonyl (C=O) groups is 1. The summed E-state index contributed by atoms with van der Waals surface area (Å²) < 4.78 is 5.44. The highest BCUT2D eigenvalue weighted by Gasteiger charge is 2.36. The van der Waals surface area contributed by atoms with Crippen LogP contribution in [-0.2, 0) is 4.74 Å². The first kappa shape index (κ1) is 18.0. The molecule has 5 heteroatoms. The summed E-state index contributed by atoms with van der Waals surface area (Å²) in [4.78, 5) is 15.4. The highest BCUT2D eigenvalue weighted by molar-refractivity contribution is 6.00. The number of nitrogens with zero attached hydrogens (tertiary/aromatic N) is 1. The van der Waals surface area contributed by atoms with E-state index in [4.69, 9.17) is 4.74 Å². The minimum Gasteiger partial charge on any atom is -0.393 e. The quantitative estimate of drug-likeness (QED) is 0.854. The fraction of sp³-hybridized carbons (Fsp3) is 0.409. The number of morpholine rings is 1. The van der Waals surface area contributed by atoms with Crippen LogP contribution >= 0.6 is 0 Å². The molecule has 142 valence electrons. The Morgan fingerprint density at radius 1 is 1.04 bits per heavy atom. The Bertz CT molecular complexity index is 768. The summed E-state index contributed by atoms with van der Waals surface area (Å²) in [5.74, 6) is 0.203. The number of rotatable bonds is 5. The van der Waals surface area contributed by atoms with E-state index in [0.717, 1.165) is 37.2 Å². The second-order valence-electron chi connectivity index (χ2n) is 7.36. The van der Waals surface area contributed by atoms with Crippen LogP contribution in [0.3, 0.4) is 0 Å². The predicted molar refractivity (Wildman–Crippen MR) is 105 cm³/mol. The van der Waals surface area contributed by atoms with Gasteiger partial charge in [0.05, 0.1) is 30.9 Å². The lowest BCUT2D eigenvalue weighted by Gasteiger charge is -2.38. The van der Waals surface area contributed by atoms with E-state index in [9.17, 15) is 9.90 Å². The zero-order chi connectivity index (χ0) is 18.6. The molecule has 1 saturated heterocycles. The molecule has 1 unspecified atom stereocenters. The molecule has 1 amide bonds. The number of nitrogens with one attached hydrogen (secondary N) is 1. The Hall–Kier alpha value is -2.37. The van der Waals surface area contributed by atoms with Crippen molar-refractivity contribution < 1.29 is 14.6 Å². The first-order chi connectivity index (χ1) is 13.2. The van der Waals surface area contributed by atoms with Crippen molar-refractivity contribution >= 4 is 11.6 Å². The fourth-order valence-electron chi connectivity index (χ4n) is 4.00. The van der Waals surface area contributed by atoms with Gasteiger partial charge in [0, 0.05) is 18.8 Å². The maximum atomic E-state index is 13.2. The van der Waals surface area contributed by atoms with Crippen LogP contribution in [-0.4, -0.2) is 43.4 Å². The van der Waals surface area contributed by atoms with Crippen LogP contribution in [0.15, 0.2) is 54.6 Å². The van der Waals surface area contributed by atoms with Crippen LogP contribution in [0.5, 0.6) is 0 Å². The Kier molecular flexibility index (Phi) is 5.41. The molecule has 0 aromatic heterocycles. The van der Waals surface area contributed by atoms with Gasteiger partial charge in [0.15, 0.2) is 0 Å². The SMILES string of the molecule is O=C(NC(c1ccccc1)C1CC(O)C1)c1ccccc1N1CCOCC1. The molecule has 27 heavy (non-hydrogen) atoms. The average molecular weight is 366 g/mol. The number of hydrogen-bond acceptors (Lipinski definition) is 4. The van der Waals surface area contributed by atoms with Crippen LogP contribution in [0.4, 0.5) is 5.69 Å². The molecule has 4 rings (SSSR count). The molecule has 1 atom stereocenters. The van der Waals surface area contributed by atoms with Gasteiger partial charge in [0.2, 0.25) is 0 Å². The number of anilines is 1. The lowest BCUT2D eigenvalue weighted by Crippen LogP contribution is -2.42. The third-order valence-electron chi connectivity index (χ3n) is 5.57. The maximum Gasteiger partial charge on any atom is 0.253 e. The second kappa shape index (κ2) is 8.11. The van der Waals surface area contributed by atoms with Gasteiger partial charge in [-0.3, -0.25) is 4.79 Å². The van der Waals surface area contributed by atoms with Gasteiger partial charge in [0.25, 0.3) is 5.91 Å². The molecule has 2 aromatic rings. The van der Waals surface area contributed by atoms with Crippen molar-refractivity contribution in [3.63, 3.8) is 0 Å². The summed E-state index contributed by atoms with van der Waals surface area (Å²) in [7, 11) is 0. The predicted octanol–water partition coefficient (Wildman–Crippen LogP) is 2.77. The van der Waals surface area contributed by atoms with Crippen molar-refractivity contribution in [3.8, 4) is 0 Å². The number of aliphatic hydroxyl groups excluding tert-OH is 1. The van der Waals surface area contributed by atoms with Crippen LogP contribution in [0.25, 0.3) is 0 Å². The standard InChI is InChI=1S/C22H26N2O3/c25-18-14-17(15-18)21(16-6-2-1-3-7-16)23-22(26)19-8-4-5-9-20(19)24-10-12-27-13-11-24/h1-9,17-18,21,25H,10-15H2,(H,23,26). The number of benzene rings is 2. The third kappa shape index (κ3) is 3.99. The van der Waals surface area contributed by atoms with E-state index in [0.29, 0.717) is 18.8 Å². The number of hydrogen-bond donors (Lipinski definition) is 2. The van der Waals surface area contributed by atoms with Crippen molar-refractivity contribution in [2.24, 2.45) is 5.92 Å². The molecule has 2 fully saturated rings. The van der Waals surface area contributed by atoms with Crippen molar-refractivity contribution in [1.82, 2.24) is 5.32 Å². The van der Waals surface area contributed by atoms with E-state index in [1.807, 2.05) is 54.6 Å². The minimum atomic E-state index is -0.251. The highest BCUT2D eigenvalue weighted by atomic mass is 16.5. The average Bonchev–Trinajstić information content (AvgIpc) is 2.71. The summed E-state index contributed by atoms with van der Waals surface area (Å²) in [6.07, 6.45) is 1.20. The lowest BCUT2D eigenvalue weighted by molar-refractivity contribution is 0.0235. The summed E-state index contributed by atoms with van der Waals surface area (Å²) in [6, 6.07) is 17.7. The fourth-order valence-corrected chi connectivity index (χ4v) is 4.00. The van der Waals surface area contributed by atoms with Crippen molar-refractivity contribution in [1.29, 1.82) is 0 Å². The molecule has 2 aromatic carbocycles. The van der Waals surface area contributed by atoms with E-state index in [1.165, 1.54) is 0 Å². The van der Waals surface area contributed by atoms with Crippen molar-refractivity contribution in [2.45, 2.75) is 25.0 Å². The molecule has 1 aliphatic heterocycles. The molecule has 2 N–H and O–H groups in total. The van der Waals surface area contributed by atoms with E-state index in [-0.39, 0.29) is 24.0 Å². The van der Waals surface area contributed by atoms with Gasteiger partial charge in [-0.05, 0) is 36.5 Å². The first-order valence-corrected chi connectivity index (χ1v) is 9.68. The van der Waals surface area contributed by atoms with Crippen LogP contribution in [0.1, 0.15) is 34.8 Å². The van der Waals surface area contributed by atoms with Crippen LogP contribution < -0.4 is 10.2 Å². The highest BCUT2D eigenvalue weighted by Crippen LogP contribution is 2.38. The minimum absolute atomic E-state index is 0.0627. The molecule has 0 spiro atoms. The Labute approximate surface area is 160 Å². The van der Waals surface area contributed by atoms with E-state index >= 15 is 0 Å². The van der Waals surface area contributed by atoms with Crippen molar-refractivity contribution in [2.75, 3.05) is 31.2 Å². The normalized spacial score (nSPS) is 23.4. The van der Waals surface area contributed by atoms with E-state index in [2.05, 4.69) is 10.2 Å². The Balaban J connectivity index is 1.56. The van der Waals surface area contributed by atoms with Crippen LogP contribution in [0, 0.1) is 5.92 Å². The van der Waals surface area contributed by atoms with Crippen molar-refractivity contribution in [3.05, 3.63) is 65.7 Å². The van der Waals surface area contributed by atoms with Crippen LogP contribution in [0.2, 0.25) is 0 Å². The second-order valence-corrected chi connectivity index (χ2v) is 7.36. The number of aliphatic hydroxyl groups is 1. The molecular weight excluding hydrogens is 340 g/mol. The summed E-state index contributed by atoms with van der Waals surface area (Å²) in [6.45, 7) is 2.95. The van der Waals surface area contributed by atoms with Gasteiger partial charge in [-0.2, -0.15) is 0 Å². The Morgan fingerprint density at radius 3 is 2.41 bits per heavy atom. The van der Waals surface area contributed by atoms with Gasteiger partial charge < -0.3 is 20.1 Å². The number of amides is 1. The molecule has 2 aliphatic rings. The topological polar surface area (TPSA) is 61.8 Å². The summed E-state index contributed by atoms with van der Waals surface area (Å²) >= 11 is 0. The first-order valence-electron chi connectivity index (χ1n) is 9.68. The van der Waals surface area contributed by atoms with Gasteiger partial charge in [-0.1, -0.05) is 42.5 Å². The molecule has 5 nitrogen and oxygen atoms in total. The molecule has 1 aliphatic carbocycles. The summed E-state index contributed by atoms with van der Waals surface area (Å²) in [5, 5.41) is 13.0. The van der Waals surface area contributed by atoms with E-state index in [1.54, 1.807) is 0 Å². The number of para-hydroxylation sites is 1. The number of carbonyl (C=O) groups excluding carboxylic acids is 1. The summed E-state index contributed by atoms with van der Waals surface area (Å²) in [5.41, 5.74) is 2.74. The smallest absolute Gasteiger partial charge is 0.253 e. The zero-order valence-corrected chi connectivity index (χ0v) is 15.4. The molecular formula is C22H26N2O3. The number of ether oxygens (including phenoxy) is 1. The molecule has 1 heterocycles. The Morgan fingerprint density at radius 2 is 1.70 bits per heavy atom. The van der Waals surface area contributed by atoms with Gasteiger partial charge in [-0.25, -0.2) is 0 Å². The third-order valence-corrected chi connectivity index (χ3v) is 5.57. The largest absolute Gasteiger partial charge is 0.393 e. The van der Waals surface area contributed by atoms with Gasteiger partial charge in [0.1, 0.15) is 0 Å². The lowest BCUT2D eigenvalue weighted by atomic mass is 9.75. The molecule has 0 radical (unpaired) electrons. The zero-order valence-electron chi connectivity index (χ0n) is 15.4. The van der Waals surface area contributed by atoms with Gasteiger partial charge >= 0.3 is 0 Å². The molecule has 0 bridgehead atoms. The van der Waals surface area contributed by atoms with E-state index < -0.39 is 0 Å².